The Morgan fingerprint density at radius 1 is 1.35 bits per heavy atom. The van der Waals surface area contributed by atoms with Gasteiger partial charge < -0.3 is 15.5 Å². The minimum Gasteiger partial charge on any atom is -0.496 e. The van der Waals surface area contributed by atoms with Crippen LogP contribution in [0.5, 0.6) is 5.75 Å². The third-order valence-corrected chi connectivity index (χ3v) is 3.16. The lowest BCUT2D eigenvalue weighted by Gasteiger charge is -2.11. The summed E-state index contributed by atoms with van der Waals surface area (Å²) in [6.45, 7) is 3.84. The van der Waals surface area contributed by atoms with Gasteiger partial charge in [-0.3, -0.25) is 4.79 Å². The van der Waals surface area contributed by atoms with Crippen molar-refractivity contribution in [2.75, 3.05) is 12.8 Å². The van der Waals surface area contributed by atoms with E-state index in [1.165, 1.54) is 0 Å². The number of hydrogen-bond donors (Lipinski definition) is 2. The van der Waals surface area contributed by atoms with Gasteiger partial charge in [0.15, 0.2) is 0 Å². The van der Waals surface area contributed by atoms with Crippen molar-refractivity contribution in [2.24, 2.45) is 0 Å². The predicted molar refractivity (Wildman–Crippen MR) is 79.2 cm³/mol. The highest BCUT2D eigenvalue weighted by molar-refractivity contribution is 5.41. The average Bonchev–Trinajstić information content (AvgIpc) is 2.38. The molecule has 0 unspecified atom stereocenters. The van der Waals surface area contributed by atoms with Gasteiger partial charge >= 0.3 is 0 Å². The molecule has 1 aromatic heterocycles. The molecule has 0 saturated carbocycles. The summed E-state index contributed by atoms with van der Waals surface area (Å²) in [6, 6.07) is 7.63. The zero-order valence-electron chi connectivity index (χ0n) is 11.9. The van der Waals surface area contributed by atoms with E-state index >= 15 is 0 Å². The molecule has 2 aromatic rings. The standard InChI is InChI=1S/C15H19N3O2/c1-9(2)13-14(16)17-12(18-15(13)19)8-10-6-4-5-7-11(10)20-3/h4-7,9H,8H2,1-3H3,(H3,16,17,18,19). The van der Waals surface area contributed by atoms with Crippen LogP contribution in [0.4, 0.5) is 5.82 Å². The van der Waals surface area contributed by atoms with Crippen LogP contribution >= 0.6 is 0 Å². The van der Waals surface area contributed by atoms with Crippen LogP contribution in [0.15, 0.2) is 29.1 Å². The molecule has 1 heterocycles. The highest BCUT2D eigenvalue weighted by Crippen LogP contribution is 2.20. The maximum Gasteiger partial charge on any atom is 0.256 e. The number of methoxy groups -OCH3 is 1. The van der Waals surface area contributed by atoms with Crippen LogP contribution in [0.2, 0.25) is 0 Å². The molecule has 0 saturated heterocycles. The molecule has 0 fully saturated rings. The van der Waals surface area contributed by atoms with Gasteiger partial charge in [0.2, 0.25) is 0 Å². The quantitative estimate of drug-likeness (QED) is 0.893. The summed E-state index contributed by atoms with van der Waals surface area (Å²) in [6.07, 6.45) is 0.474. The number of para-hydroxylation sites is 1. The molecule has 0 aliphatic rings. The summed E-state index contributed by atoms with van der Waals surface area (Å²) in [5, 5.41) is 0. The molecule has 0 atom stereocenters. The molecule has 106 valence electrons. The SMILES string of the molecule is COc1ccccc1Cc1nc(N)c(C(C)C)c(=O)[nH]1. The largest absolute Gasteiger partial charge is 0.496 e. The maximum atomic E-state index is 12.0. The molecule has 3 N–H and O–H groups in total. The number of H-pyrrole nitrogens is 1. The third-order valence-electron chi connectivity index (χ3n) is 3.16. The first-order valence-electron chi connectivity index (χ1n) is 6.53. The summed E-state index contributed by atoms with van der Waals surface area (Å²) >= 11 is 0. The van der Waals surface area contributed by atoms with Gasteiger partial charge in [-0.1, -0.05) is 32.0 Å². The first-order valence-corrected chi connectivity index (χ1v) is 6.53. The molecule has 2 rings (SSSR count). The summed E-state index contributed by atoms with van der Waals surface area (Å²) in [5.74, 6) is 1.66. The van der Waals surface area contributed by atoms with Crippen LogP contribution in [-0.4, -0.2) is 17.1 Å². The van der Waals surface area contributed by atoms with Gasteiger partial charge in [-0.05, 0) is 12.0 Å². The monoisotopic (exact) mass is 273 g/mol. The Morgan fingerprint density at radius 3 is 2.65 bits per heavy atom. The van der Waals surface area contributed by atoms with E-state index in [1.54, 1.807) is 7.11 Å². The van der Waals surface area contributed by atoms with Gasteiger partial charge in [-0.15, -0.1) is 0 Å². The van der Waals surface area contributed by atoms with Crippen LogP contribution in [0.1, 0.15) is 36.7 Å². The number of nitrogens with zero attached hydrogens (tertiary/aromatic N) is 1. The van der Waals surface area contributed by atoms with E-state index in [1.807, 2.05) is 38.1 Å². The average molecular weight is 273 g/mol. The number of aromatic nitrogens is 2. The summed E-state index contributed by atoms with van der Waals surface area (Å²) in [7, 11) is 1.62. The molecule has 20 heavy (non-hydrogen) atoms. The lowest BCUT2D eigenvalue weighted by molar-refractivity contribution is 0.410. The first kappa shape index (κ1) is 14.1. The van der Waals surface area contributed by atoms with Crippen LogP contribution in [-0.2, 0) is 6.42 Å². The molecule has 1 aromatic carbocycles. The van der Waals surface area contributed by atoms with Crippen molar-refractivity contribution in [2.45, 2.75) is 26.2 Å². The van der Waals surface area contributed by atoms with Crippen LogP contribution in [0.3, 0.4) is 0 Å². The zero-order valence-corrected chi connectivity index (χ0v) is 11.9. The van der Waals surface area contributed by atoms with Gasteiger partial charge in [0.1, 0.15) is 17.4 Å². The van der Waals surface area contributed by atoms with Gasteiger partial charge in [-0.2, -0.15) is 0 Å². The molecule has 0 bridgehead atoms. The molecule has 5 nitrogen and oxygen atoms in total. The minimum absolute atomic E-state index is 0.0477. The Morgan fingerprint density at radius 2 is 2.05 bits per heavy atom. The van der Waals surface area contributed by atoms with E-state index in [4.69, 9.17) is 10.5 Å². The molecule has 0 aliphatic heterocycles. The van der Waals surface area contributed by atoms with E-state index in [0.29, 0.717) is 23.6 Å². The number of nitrogen functional groups attached to an aromatic ring is 1. The lowest BCUT2D eigenvalue weighted by atomic mass is 10.1. The molecular weight excluding hydrogens is 254 g/mol. The fourth-order valence-corrected chi connectivity index (χ4v) is 2.22. The van der Waals surface area contributed by atoms with Crippen LogP contribution in [0, 0.1) is 0 Å². The molecule has 0 amide bonds. The van der Waals surface area contributed by atoms with E-state index in [-0.39, 0.29) is 11.5 Å². The lowest BCUT2D eigenvalue weighted by Crippen LogP contribution is -2.21. The van der Waals surface area contributed by atoms with Gasteiger partial charge in [0.25, 0.3) is 5.56 Å². The zero-order chi connectivity index (χ0) is 14.7. The van der Waals surface area contributed by atoms with Gasteiger partial charge in [0, 0.05) is 12.0 Å². The smallest absolute Gasteiger partial charge is 0.256 e. The second kappa shape index (κ2) is 5.77. The van der Waals surface area contributed by atoms with Crippen molar-refractivity contribution in [1.82, 2.24) is 9.97 Å². The molecule has 0 aliphatic carbocycles. The highest BCUT2D eigenvalue weighted by atomic mass is 16.5. The molecule has 5 heteroatoms. The maximum absolute atomic E-state index is 12.0. The van der Waals surface area contributed by atoms with Crippen molar-refractivity contribution < 1.29 is 4.74 Å². The Hall–Kier alpha value is -2.30. The van der Waals surface area contributed by atoms with Crippen molar-refractivity contribution in [3.63, 3.8) is 0 Å². The first-order chi connectivity index (χ1) is 9.52. The molecule has 0 radical (unpaired) electrons. The number of nitrogens with two attached hydrogens (primary N) is 1. The van der Waals surface area contributed by atoms with Crippen molar-refractivity contribution >= 4 is 5.82 Å². The second-order valence-electron chi connectivity index (χ2n) is 4.95. The number of ether oxygens (including phenoxy) is 1. The minimum atomic E-state index is -0.169. The van der Waals surface area contributed by atoms with Crippen LogP contribution in [0.25, 0.3) is 0 Å². The van der Waals surface area contributed by atoms with Gasteiger partial charge in [0.05, 0.1) is 12.7 Å². The Bertz CT molecular complexity index is 662. The number of benzene rings is 1. The highest BCUT2D eigenvalue weighted by Gasteiger charge is 2.13. The molecular formula is C15H19N3O2. The number of nitrogens with one attached hydrogen (secondary N) is 1. The van der Waals surface area contributed by atoms with Crippen molar-refractivity contribution in [3.8, 4) is 5.75 Å². The third kappa shape index (κ3) is 2.82. The van der Waals surface area contributed by atoms with E-state index < -0.39 is 0 Å². The number of rotatable bonds is 4. The Balaban J connectivity index is 2.38. The Kier molecular flexibility index (Phi) is 4.08. The van der Waals surface area contributed by atoms with E-state index in [9.17, 15) is 4.79 Å². The summed E-state index contributed by atoms with van der Waals surface area (Å²) < 4.78 is 5.29. The van der Waals surface area contributed by atoms with Crippen molar-refractivity contribution in [1.29, 1.82) is 0 Å². The Labute approximate surface area is 117 Å². The van der Waals surface area contributed by atoms with Crippen molar-refractivity contribution in [3.05, 3.63) is 51.6 Å². The number of aromatic amines is 1. The molecule has 0 spiro atoms. The predicted octanol–water partition coefficient (Wildman–Crippen LogP) is 2.07. The number of anilines is 1. The normalized spacial score (nSPS) is 10.8. The fourth-order valence-electron chi connectivity index (χ4n) is 2.22. The van der Waals surface area contributed by atoms with Crippen LogP contribution < -0.4 is 16.0 Å². The summed E-state index contributed by atoms with van der Waals surface area (Å²) in [4.78, 5) is 19.1. The summed E-state index contributed by atoms with van der Waals surface area (Å²) in [5.41, 5.74) is 7.21. The topological polar surface area (TPSA) is 81.0 Å². The number of hydrogen-bond acceptors (Lipinski definition) is 4. The second-order valence-corrected chi connectivity index (χ2v) is 4.95. The fraction of sp³-hybridized carbons (Fsp3) is 0.333. The van der Waals surface area contributed by atoms with Gasteiger partial charge in [-0.25, -0.2) is 4.98 Å². The van der Waals surface area contributed by atoms with E-state index in [0.717, 1.165) is 11.3 Å². The van der Waals surface area contributed by atoms with E-state index in [2.05, 4.69) is 9.97 Å².